The molecule has 0 amide bonds. The molecular formula is C16H23N3O2S. The van der Waals surface area contributed by atoms with Crippen LogP contribution in [0.4, 0.5) is 0 Å². The van der Waals surface area contributed by atoms with Crippen molar-refractivity contribution in [2.24, 2.45) is 0 Å². The van der Waals surface area contributed by atoms with Gasteiger partial charge in [0.05, 0.1) is 18.0 Å². The van der Waals surface area contributed by atoms with E-state index in [-0.39, 0.29) is 11.7 Å². The number of nitrogens with one attached hydrogen (secondary N) is 2. The van der Waals surface area contributed by atoms with E-state index in [9.17, 15) is 4.79 Å². The Bertz CT molecular complexity index is 705. The van der Waals surface area contributed by atoms with Crippen LogP contribution in [0.1, 0.15) is 43.0 Å². The van der Waals surface area contributed by atoms with E-state index in [4.69, 9.17) is 4.74 Å². The summed E-state index contributed by atoms with van der Waals surface area (Å²) in [6, 6.07) is 0. The molecule has 5 nitrogen and oxygen atoms in total. The van der Waals surface area contributed by atoms with Crippen molar-refractivity contribution in [1.82, 2.24) is 15.3 Å². The van der Waals surface area contributed by atoms with E-state index in [1.807, 2.05) is 13.8 Å². The van der Waals surface area contributed by atoms with Crippen molar-refractivity contribution in [1.29, 1.82) is 0 Å². The van der Waals surface area contributed by atoms with Crippen molar-refractivity contribution in [3.8, 4) is 0 Å². The fourth-order valence-corrected chi connectivity index (χ4v) is 4.13. The molecular weight excluding hydrogens is 298 g/mol. The minimum absolute atomic E-state index is 0.0179. The first-order chi connectivity index (χ1) is 10.6. The summed E-state index contributed by atoms with van der Waals surface area (Å²) in [7, 11) is 0. The molecule has 3 rings (SSSR count). The normalized spacial score (nSPS) is 14.1. The molecule has 0 bridgehead atoms. The fourth-order valence-electron chi connectivity index (χ4n) is 2.85. The first-order valence-electron chi connectivity index (χ1n) is 8.01. The van der Waals surface area contributed by atoms with Gasteiger partial charge in [-0.25, -0.2) is 4.98 Å². The number of thiophene rings is 1. The lowest BCUT2D eigenvalue weighted by Crippen LogP contribution is -2.21. The highest BCUT2D eigenvalue weighted by Crippen LogP contribution is 2.34. The molecule has 6 heteroatoms. The summed E-state index contributed by atoms with van der Waals surface area (Å²) in [5, 5.41) is 4.13. The second-order valence-electron chi connectivity index (χ2n) is 6.00. The zero-order valence-corrected chi connectivity index (χ0v) is 14.0. The number of fused-ring (bicyclic) bond motifs is 3. The van der Waals surface area contributed by atoms with E-state index in [0.29, 0.717) is 6.54 Å². The van der Waals surface area contributed by atoms with Gasteiger partial charge in [-0.05, 0) is 51.6 Å². The second kappa shape index (κ2) is 6.89. The smallest absolute Gasteiger partial charge is 0.259 e. The maximum absolute atomic E-state index is 12.3. The molecule has 0 radical (unpaired) electrons. The Kier molecular flexibility index (Phi) is 4.90. The largest absolute Gasteiger partial charge is 0.379 e. The molecule has 0 unspecified atom stereocenters. The molecule has 0 saturated carbocycles. The Morgan fingerprint density at radius 1 is 1.41 bits per heavy atom. The third kappa shape index (κ3) is 3.39. The zero-order chi connectivity index (χ0) is 15.5. The fraction of sp³-hybridized carbons (Fsp3) is 0.625. The van der Waals surface area contributed by atoms with Crippen molar-refractivity contribution in [3.05, 3.63) is 26.6 Å². The molecule has 2 aromatic heterocycles. The quantitative estimate of drug-likeness (QED) is 0.768. The van der Waals surface area contributed by atoms with Gasteiger partial charge in [0.25, 0.3) is 5.56 Å². The van der Waals surface area contributed by atoms with Gasteiger partial charge >= 0.3 is 0 Å². The van der Waals surface area contributed by atoms with Crippen LogP contribution in [0, 0.1) is 0 Å². The summed E-state index contributed by atoms with van der Waals surface area (Å²) in [5.41, 5.74) is 1.25. The number of ether oxygens (including phenoxy) is 1. The van der Waals surface area contributed by atoms with Gasteiger partial charge in [0.1, 0.15) is 10.7 Å². The number of hydrogen-bond donors (Lipinski definition) is 2. The first-order valence-corrected chi connectivity index (χ1v) is 8.82. The third-order valence-electron chi connectivity index (χ3n) is 3.87. The average molecular weight is 321 g/mol. The van der Waals surface area contributed by atoms with Gasteiger partial charge in [-0.2, -0.15) is 0 Å². The third-order valence-corrected chi connectivity index (χ3v) is 5.05. The van der Waals surface area contributed by atoms with Gasteiger partial charge in [-0.15, -0.1) is 11.3 Å². The molecule has 2 heterocycles. The van der Waals surface area contributed by atoms with Crippen molar-refractivity contribution in [3.63, 3.8) is 0 Å². The predicted molar refractivity (Wildman–Crippen MR) is 89.7 cm³/mol. The standard InChI is InChI=1S/C16H23N3O2S/c1-10(2)21-8-4-7-17-9-13-18-15(20)14-11-5-3-6-12(11)22-16(14)19-13/h10,17H,3-9H2,1-2H3,(H,18,19,20). The summed E-state index contributed by atoms with van der Waals surface area (Å²) < 4.78 is 5.49. The van der Waals surface area contributed by atoms with Crippen molar-refractivity contribution in [2.75, 3.05) is 13.2 Å². The topological polar surface area (TPSA) is 67.0 Å². The molecule has 0 spiro atoms. The molecule has 2 N–H and O–H groups in total. The minimum Gasteiger partial charge on any atom is -0.379 e. The highest BCUT2D eigenvalue weighted by Gasteiger charge is 2.20. The highest BCUT2D eigenvalue weighted by atomic mass is 32.1. The molecule has 0 saturated heterocycles. The monoisotopic (exact) mass is 321 g/mol. The first kappa shape index (κ1) is 15.6. The summed E-state index contributed by atoms with van der Waals surface area (Å²) in [6.45, 7) is 6.28. The number of aromatic amines is 1. The summed E-state index contributed by atoms with van der Waals surface area (Å²) in [5.74, 6) is 0.724. The number of aryl methyl sites for hydroxylation is 2. The van der Waals surface area contributed by atoms with Crippen LogP contribution in [0.3, 0.4) is 0 Å². The van der Waals surface area contributed by atoms with Crippen LogP contribution in [-0.2, 0) is 24.1 Å². The Hall–Kier alpha value is -1.24. The van der Waals surface area contributed by atoms with Crippen LogP contribution in [-0.4, -0.2) is 29.2 Å². The van der Waals surface area contributed by atoms with Gasteiger partial charge < -0.3 is 15.0 Å². The van der Waals surface area contributed by atoms with Crippen LogP contribution in [0.25, 0.3) is 10.2 Å². The van der Waals surface area contributed by atoms with Crippen LogP contribution in [0.5, 0.6) is 0 Å². The Morgan fingerprint density at radius 2 is 2.27 bits per heavy atom. The van der Waals surface area contributed by atoms with Gasteiger partial charge in [0.2, 0.25) is 0 Å². The van der Waals surface area contributed by atoms with E-state index in [2.05, 4.69) is 15.3 Å². The van der Waals surface area contributed by atoms with E-state index in [1.165, 1.54) is 10.4 Å². The Labute approximate surface area is 134 Å². The molecule has 2 aromatic rings. The van der Waals surface area contributed by atoms with Crippen LogP contribution in [0.15, 0.2) is 4.79 Å². The number of H-pyrrole nitrogens is 1. The van der Waals surface area contributed by atoms with Gasteiger partial charge in [0, 0.05) is 11.5 Å². The molecule has 0 atom stereocenters. The lowest BCUT2D eigenvalue weighted by Gasteiger charge is -2.08. The van der Waals surface area contributed by atoms with Gasteiger partial charge in [0.15, 0.2) is 0 Å². The number of nitrogens with zero attached hydrogens (tertiary/aromatic N) is 1. The summed E-state index contributed by atoms with van der Waals surface area (Å²) >= 11 is 1.69. The molecule has 22 heavy (non-hydrogen) atoms. The van der Waals surface area contributed by atoms with E-state index < -0.39 is 0 Å². The minimum atomic E-state index is 0.0179. The predicted octanol–water partition coefficient (Wildman–Crippen LogP) is 2.38. The number of hydrogen-bond acceptors (Lipinski definition) is 5. The molecule has 1 aliphatic carbocycles. The molecule has 0 fully saturated rings. The maximum atomic E-state index is 12.3. The van der Waals surface area contributed by atoms with Gasteiger partial charge in [-0.1, -0.05) is 0 Å². The molecule has 0 aliphatic heterocycles. The summed E-state index contributed by atoms with van der Waals surface area (Å²) in [4.78, 5) is 22.1. The lowest BCUT2D eigenvalue weighted by molar-refractivity contribution is 0.0770. The van der Waals surface area contributed by atoms with E-state index in [1.54, 1.807) is 11.3 Å². The Morgan fingerprint density at radius 3 is 3.09 bits per heavy atom. The van der Waals surface area contributed by atoms with E-state index >= 15 is 0 Å². The van der Waals surface area contributed by atoms with Crippen molar-refractivity contribution >= 4 is 21.6 Å². The molecule has 120 valence electrons. The van der Waals surface area contributed by atoms with E-state index in [0.717, 1.165) is 54.9 Å². The summed E-state index contributed by atoms with van der Waals surface area (Å²) in [6.07, 6.45) is 4.52. The lowest BCUT2D eigenvalue weighted by atomic mass is 10.2. The van der Waals surface area contributed by atoms with Crippen molar-refractivity contribution in [2.45, 2.75) is 52.2 Å². The number of rotatable bonds is 7. The molecule has 1 aliphatic rings. The molecule has 0 aromatic carbocycles. The maximum Gasteiger partial charge on any atom is 0.259 e. The van der Waals surface area contributed by atoms with Crippen LogP contribution < -0.4 is 10.9 Å². The Balaban J connectivity index is 1.60. The van der Waals surface area contributed by atoms with Crippen molar-refractivity contribution < 1.29 is 4.74 Å². The average Bonchev–Trinajstić information content (AvgIpc) is 3.02. The van der Waals surface area contributed by atoms with Crippen LogP contribution in [0.2, 0.25) is 0 Å². The highest BCUT2D eigenvalue weighted by molar-refractivity contribution is 7.18. The second-order valence-corrected chi connectivity index (χ2v) is 7.08. The number of aromatic nitrogens is 2. The van der Waals surface area contributed by atoms with Gasteiger partial charge in [-0.3, -0.25) is 4.79 Å². The zero-order valence-electron chi connectivity index (χ0n) is 13.2. The van der Waals surface area contributed by atoms with Crippen LogP contribution >= 0.6 is 11.3 Å². The SMILES string of the molecule is CC(C)OCCCNCc1nc2sc3c(c2c(=O)[nH]1)CCC3.